The fraction of sp³-hybridized carbons (Fsp3) is 0.364. The molecule has 3 N–H and O–H groups in total. The summed E-state index contributed by atoms with van der Waals surface area (Å²) in [5, 5.41) is 2.89. The number of nitrogens with one attached hydrogen (secondary N) is 1. The van der Waals surface area contributed by atoms with E-state index < -0.39 is 5.91 Å². The molecule has 2 amide bonds. The summed E-state index contributed by atoms with van der Waals surface area (Å²) >= 11 is 0. The molecule has 2 aromatic carbocycles. The fourth-order valence-electron chi connectivity index (χ4n) is 3.36. The monoisotopic (exact) mass is 397 g/mol. The summed E-state index contributed by atoms with van der Waals surface area (Å²) in [5.74, 6) is -0.134. The zero-order valence-electron chi connectivity index (χ0n) is 16.6. The largest absolute Gasteiger partial charge is 0.493 e. The molecule has 0 radical (unpaired) electrons. The summed E-state index contributed by atoms with van der Waals surface area (Å²) in [6.07, 6.45) is 5.03. The molecule has 1 saturated heterocycles. The van der Waals surface area contributed by atoms with E-state index in [1.54, 1.807) is 18.2 Å². The molecule has 0 spiro atoms. The Morgan fingerprint density at radius 2 is 1.69 bits per heavy atom. The van der Waals surface area contributed by atoms with Gasteiger partial charge < -0.3 is 25.4 Å². The zero-order valence-corrected chi connectivity index (χ0v) is 16.6. The Morgan fingerprint density at radius 3 is 2.31 bits per heavy atom. The molecule has 154 valence electrons. The van der Waals surface area contributed by atoms with Gasteiger partial charge in [-0.2, -0.15) is 0 Å². The second-order valence-corrected chi connectivity index (χ2v) is 7.02. The summed E-state index contributed by atoms with van der Waals surface area (Å²) in [4.78, 5) is 25.9. The van der Waals surface area contributed by atoms with Gasteiger partial charge in [-0.3, -0.25) is 9.59 Å². The Kier molecular flexibility index (Phi) is 6.94. The van der Waals surface area contributed by atoms with Gasteiger partial charge in [0.2, 0.25) is 0 Å². The number of rotatable bonds is 7. The number of primary amides is 1. The number of carbonyl (C=O) groups excluding carboxylic acids is 2. The minimum atomic E-state index is -0.586. The van der Waals surface area contributed by atoms with Gasteiger partial charge in [0.05, 0.1) is 7.11 Å². The smallest absolute Gasteiger partial charge is 0.255 e. The van der Waals surface area contributed by atoms with Crippen LogP contribution in [0.3, 0.4) is 0 Å². The maximum absolute atomic E-state index is 12.6. The van der Waals surface area contributed by atoms with Gasteiger partial charge in [0, 0.05) is 30.0 Å². The van der Waals surface area contributed by atoms with E-state index in [-0.39, 0.29) is 12.5 Å². The molecule has 2 aromatic rings. The van der Waals surface area contributed by atoms with Crippen molar-refractivity contribution in [2.45, 2.75) is 25.7 Å². The molecule has 0 aliphatic carbocycles. The van der Waals surface area contributed by atoms with Crippen molar-refractivity contribution in [1.82, 2.24) is 0 Å². The van der Waals surface area contributed by atoms with Crippen LogP contribution in [0.4, 0.5) is 11.4 Å². The Labute approximate surface area is 170 Å². The Hall–Kier alpha value is -3.22. The van der Waals surface area contributed by atoms with Gasteiger partial charge >= 0.3 is 0 Å². The van der Waals surface area contributed by atoms with Crippen LogP contribution in [0.5, 0.6) is 11.5 Å². The first-order chi connectivity index (χ1) is 14.1. The molecule has 7 heteroatoms. The fourth-order valence-corrected chi connectivity index (χ4v) is 3.36. The quantitative estimate of drug-likeness (QED) is 0.748. The number of amides is 2. The second-order valence-electron chi connectivity index (χ2n) is 7.02. The maximum atomic E-state index is 12.6. The maximum Gasteiger partial charge on any atom is 0.255 e. The van der Waals surface area contributed by atoms with E-state index in [0.29, 0.717) is 17.1 Å². The lowest BCUT2D eigenvalue weighted by molar-refractivity contribution is -0.119. The van der Waals surface area contributed by atoms with Crippen molar-refractivity contribution in [3.05, 3.63) is 48.0 Å². The third-order valence-corrected chi connectivity index (χ3v) is 4.89. The summed E-state index contributed by atoms with van der Waals surface area (Å²) < 4.78 is 10.5. The lowest BCUT2D eigenvalue weighted by Gasteiger charge is -2.22. The van der Waals surface area contributed by atoms with Crippen molar-refractivity contribution in [2.24, 2.45) is 5.73 Å². The number of ether oxygens (including phenoxy) is 2. The van der Waals surface area contributed by atoms with Crippen molar-refractivity contribution >= 4 is 23.2 Å². The van der Waals surface area contributed by atoms with Crippen molar-refractivity contribution < 1.29 is 19.1 Å². The van der Waals surface area contributed by atoms with Crippen molar-refractivity contribution in [2.75, 3.05) is 37.0 Å². The second kappa shape index (κ2) is 9.82. The molecule has 0 atom stereocenters. The van der Waals surface area contributed by atoms with Gasteiger partial charge in [0.15, 0.2) is 18.1 Å². The first-order valence-corrected chi connectivity index (χ1v) is 9.82. The third kappa shape index (κ3) is 5.63. The minimum absolute atomic E-state index is 0.257. The first kappa shape index (κ1) is 20.5. The molecule has 1 aliphatic heterocycles. The highest BCUT2D eigenvalue weighted by Crippen LogP contribution is 2.28. The van der Waals surface area contributed by atoms with Crippen LogP contribution in [0.25, 0.3) is 0 Å². The van der Waals surface area contributed by atoms with Gasteiger partial charge in [-0.1, -0.05) is 12.8 Å². The molecule has 0 bridgehead atoms. The lowest BCUT2D eigenvalue weighted by atomic mass is 10.1. The number of hydrogen-bond donors (Lipinski definition) is 2. The summed E-state index contributed by atoms with van der Waals surface area (Å²) in [7, 11) is 1.47. The molecule has 0 unspecified atom stereocenters. The third-order valence-electron chi connectivity index (χ3n) is 4.89. The van der Waals surface area contributed by atoms with E-state index >= 15 is 0 Å². The van der Waals surface area contributed by atoms with Crippen LogP contribution in [0.2, 0.25) is 0 Å². The Balaban J connectivity index is 1.65. The number of carbonyl (C=O) groups is 2. The van der Waals surface area contributed by atoms with Crippen molar-refractivity contribution in [3.8, 4) is 11.5 Å². The van der Waals surface area contributed by atoms with Crippen LogP contribution in [-0.4, -0.2) is 38.6 Å². The van der Waals surface area contributed by atoms with Crippen LogP contribution in [0.1, 0.15) is 36.0 Å². The van der Waals surface area contributed by atoms with E-state index in [1.807, 2.05) is 24.3 Å². The van der Waals surface area contributed by atoms with Gasteiger partial charge in [-0.25, -0.2) is 0 Å². The molecular weight excluding hydrogens is 370 g/mol. The Bertz CT molecular complexity index is 844. The first-order valence-electron chi connectivity index (χ1n) is 9.82. The molecule has 1 fully saturated rings. The number of nitrogens with zero attached hydrogens (tertiary/aromatic N) is 1. The van der Waals surface area contributed by atoms with E-state index in [1.165, 1.54) is 38.5 Å². The van der Waals surface area contributed by atoms with Crippen LogP contribution >= 0.6 is 0 Å². The molecule has 7 nitrogen and oxygen atoms in total. The van der Waals surface area contributed by atoms with Crippen LogP contribution in [0.15, 0.2) is 42.5 Å². The number of hydrogen-bond acceptors (Lipinski definition) is 5. The van der Waals surface area contributed by atoms with Crippen molar-refractivity contribution in [1.29, 1.82) is 0 Å². The van der Waals surface area contributed by atoms with Crippen molar-refractivity contribution in [3.63, 3.8) is 0 Å². The normalized spacial score (nSPS) is 14.0. The summed E-state index contributed by atoms with van der Waals surface area (Å²) in [5.41, 5.74) is 7.42. The van der Waals surface area contributed by atoms with Crippen LogP contribution < -0.4 is 25.4 Å². The molecule has 1 heterocycles. The van der Waals surface area contributed by atoms with Gasteiger partial charge in [-0.15, -0.1) is 0 Å². The summed E-state index contributed by atoms with van der Waals surface area (Å²) in [6, 6.07) is 12.7. The van der Waals surface area contributed by atoms with Crippen LogP contribution in [0, 0.1) is 0 Å². The van der Waals surface area contributed by atoms with E-state index in [4.69, 9.17) is 15.2 Å². The average Bonchev–Trinajstić information content (AvgIpc) is 3.02. The highest BCUT2D eigenvalue weighted by Gasteiger charge is 2.13. The highest BCUT2D eigenvalue weighted by molar-refractivity contribution is 6.04. The molecular formula is C22H27N3O4. The predicted octanol–water partition coefficient (Wildman–Crippen LogP) is 3.19. The Morgan fingerprint density at radius 1 is 1.00 bits per heavy atom. The molecule has 0 saturated carbocycles. The van der Waals surface area contributed by atoms with Gasteiger partial charge in [0.1, 0.15) is 0 Å². The van der Waals surface area contributed by atoms with Gasteiger partial charge in [-0.05, 0) is 55.3 Å². The number of methoxy groups -OCH3 is 1. The zero-order chi connectivity index (χ0) is 20.6. The number of anilines is 2. The number of benzene rings is 2. The molecule has 0 aromatic heterocycles. The molecule has 3 rings (SSSR count). The predicted molar refractivity (Wildman–Crippen MR) is 113 cm³/mol. The molecule has 1 aliphatic rings. The van der Waals surface area contributed by atoms with Gasteiger partial charge in [0.25, 0.3) is 11.8 Å². The lowest BCUT2D eigenvalue weighted by Crippen LogP contribution is -2.23. The van der Waals surface area contributed by atoms with E-state index in [2.05, 4.69) is 10.2 Å². The van der Waals surface area contributed by atoms with E-state index in [9.17, 15) is 9.59 Å². The van der Waals surface area contributed by atoms with Crippen LogP contribution in [-0.2, 0) is 4.79 Å². The topological polar surface area (TPSA) is 93.9 Å². The number of nitrogens with two attached hydrogens (primary N) is 1. The SMILES string of the molecule is COc1cc(C(=O)Nc2ccc(N3CCCCCC3)cc2)ccc1OCC(N)=O. The van der Waals surface area contributed by atoms with E-state index in [0.717, 1.165) is 18.8 Å². The minimum Gasteiger partial charge on any atom is -0.493 e. The highest BCUT2D eigenvalue weighted by atomic mass is 16.5. The molecule has 29 heavy (non-hydrogen) atoms. The summed E-state index contributed by atoms with van der Waals surface area (Å²) in [6.45, 7) is 1.90. The average molecular weight is 397 g/mol. The standard InChI is InChI=1S/C22H27N3O4/c1-28-20-14-16(6-11-19(20)29-15-21(23)26)22(27)24-17-7-9-18(10-8-17)25-12-4-2-3-5-13-25/h6-11,14H,2-5,12-13,15H2,1H3,(H2,23,26)(H,24,27).